The first-order chi connectivity index (χ1) is 15.7. The summed E-state index contributed by atoms with van der Waals surface area (Å²) in [6, 6.07) is 12.3. The van der Waals surface area contributed by atoms with Crippen molar-refractivity contribution in [3.63, 3.8) is 0 Å². The SMILES string of the molecule is Cl.O=C(O)Nc1nc2ccc(C3(O)c4ccccc4C(=O)N3c3cc(Cl)cc(F)c3F)cc2[nH]1. The Labute approximate surface area is 201 Å². The number of fused-ring (bicyclic) bond motifs is 2. The van der Waals surface area contributed by atoms with Crippen LogP contribution in [0.1, 0.15) is 21.5 Å². The minimum Gasteiger partial charge on any atom is -0.465 e. The largest absolute Gasteiger partial charge is 0.465 e. The summed E-state index contributed by atoms with van der Waals surface area (Å²) in [5.74, 6) is -3.44. The van der Waals surface area contributed by atoms with Crippen molar-refractivity contribution >= 4 is 58.7 Å². The van der Waals surface area contributed by atoms with Crippen LogP contribution in [0.5, 0.6) is 0 Å². The number of halogens is 4. The minimum atomic E-state index is -2.23. The van der Waals surface area contributed by atoms with Gasteiger partial charge in [0.25, 0.3) is 5.91 Å². The molecule has 0 spiro atoms. The molecule has 0 bridgehead atoms. The fraction of sp³-hybridized carbons (Fsp3) is 0.0455. The van der Waals surface area contributed by atoms with E-state index >= 15 is 0 Å². The Balaban J connectivity index is 0.00000274. The molecule has 1 aromatic heterocycles. The maximum absolute atomic E-state index is 14.8. The number of carboxylic acid groups (broad SMARTS) is 1. The van der Waals surface area contributed by atoms with Crippen LogP contribution in [0.2, 0.25) is 5.02 Å². The first kappa shape index (κ1) is 23.4. The highest BCUT2D eigenvalue weighted by Crippen LogP contribution is 2.46. The summed E-state index contributed by atoms with van der Waals surface area (Å²) in [6.45, 7) is 0. The summed E-state index contributed by atoms with van der Waals surface area (Å²) in [5, 5.41) is 22.8. The molecule has 1 unspecified atom stereocenters. The Morgan fingerprint density at radius 1 is 1.15 bits per heavy atom. The Kier molecular flexibility index (Phi) is 5.68. The number of carbonyl (C=O) groups is 2. The van der Waals surface area contributed by atoms with E-state index in [1.165, 1.54) is 30.3 Å². The molecule has 4 aromatic rings. The molecule has 2 heterocycles. The second kappa shape index (κ2) is 8.24. The van der Waals surface area contributed by atoms with Crippen molar-refractivity contribution in [2.75, 3.05) is 10.2 Å². The quantitative estimate of drug-likeness (QED) is 0.296. The number of aliphatic hydroxyl groups is 1. The summed E-state index contributed by atoms with van der Waals surface area (Å²) < 4.78 is 29.0. The van der Waals surface area contributed by atoms with Crippen molar-refractivity contribution < 1.29 is 28.6 Å². The minimum absolute atomic E-state index is 0. The molecule has 0 saturated carbocycles. The molecule has 3 aromatic carbocycles. The molecular formula is C22H14Cl2F2N4O4. The van der Waals surface area contributed by atoms with E-state index in [0.29, 0.717) is 11.0 Å². The van der Waals surface area contributed by atoms with E-state index in [1.54, 1.807) is 12.1 Å². The van der Waals surface area contributed by atoms with E-state index < -0.39 is 35.0 Å². The molecule has 1 atom stereocenters. The number of aromatic amines is 1. The first-order valence-electron chi connectivity index (χ1n) is 9.51. The van der Waals surface area contributed by atoms with E-state index in [1.807, 2.05) is 0 Å². The second-order valence-corrected chi connectivity index (χ2v) is 7.76. The van der Waals surface area contributed by atoms with Gasteiger partial charge in [-0.15, -0.1) is 12.4 Å². The van der Waals surface area contributed by atoms with Crippen LogP contribution in [0.3, 0.4) is 0 Å². The van der Waals surface area contributed by atoms with Gasteiger partial charge >= 0.3 is 6.09 Å². The van der Waals surface area contributed by atoms with Gasteiger partial charge in [-0.05, 0) is 30.3 Å². The van der Waals surface area contributed by atoms with Crippen LogP contribution in [0.4, 0.5) is 25.2 Å². The topological polar surface area (TPSA) is 119 Å². The molecule has 1 aliphatic heterocycles. The number of H-pyrrole nitrogens is 1. The van der Waals surface area contributed by atoms with Crippen molar-refractivity contribution in [1.82, 2.24) is 9.97 Å². The van der Waals surface area contributed by atoms with Gasteiger partial charge in [-0.1, -0.05) is 35.9 Å². The summed E-state index contributed by atoms with van der Waals surface area (Å²) in [6.07, 6.45) is -1.33. The smallest absolute Gasteiger partial charge is 0.411 e. The molecule has 4 N–H and O–H groups in total. The predicted molar refractivity (Wildman–Crippen MR) is 123 cm³/mol. The lowest BCUT2D eigenvalue weighted by atomic mass is 9.93. The van der Waals surface area contributed by atoms with E-state index in [4.69, 9.17) is 16.7 Å². The van der Waals surface area contributed by atoms with Gasteiger partial charge in [0.2, 0.25) is 5.95 Å². The molecule has 8 nitrogen and oxygen atoms in total. The van der Waals surface area contributed by atoms with Crippen molar-refractivity contribution in [2.24, 2.45) is 0 Å². The fourth-order valence-electron chi connectivity index (χ4n) is 4.02. The first-order valence-corrected chi connectivity index (χ1v) is 9.89. The maximum Gasteiger partial charge on any atom is 0.411 e. The number of carbonyl (C=O) groups excluding carboxylic acids is 1. The van der Waals surface area contributed by atoms with Crippen LogP contribution in [0.25, 0.3) is 11.0 Å². The molecular weight excluding hydrogens is 493 g/mol. The summed E-state index contributed by atoms with van der Waals surface area (Å²) in [7, 11) is 0. The number of nitrogens with one attached hydrogen (secondary N) is 2. The molecule has 1 aliphatic rings. The number of benzene rings is 3. The Morgan fingerprint density at radius 3 is 2.62 bits per heavy atom. The highest BCUT2D eigenvalue weighted by Gasteiger charge is 2.51. The van der Waals surface area contributed by atoms with E-state index in [-0.39, 0.29) is 40.1 Å². The van der Waals surface area contributed by atoms with Crippen molar-refractivity contribution in [3.05, 3.63) is 87.9 Å². The average Bonchev–Trinajstić information content (AvgIpc) is 3.26. The fourth-order valence-corrected chi connectivity index (χ4v) is 4.22. The molecule has 0 saturated heterocycles. The highest BCUT2D eigenvalue weighted by molar-refractivity contribution is 6.31. The summed E-state index contributed by atoms with van der Waals surface area (Å²) in [4.78, 5) is 31.8. The molecule has 174 valence electrons. The monoisotopic (exact) mass is 506 g/mol. The molecule has 34 heavy (non-hydrogen) atoms. The van der Waals surface area contributed by atoms with Crippen molar-refractivity contribution in [3.8, 4) is 0 Å². The van der Waals surface area contributed by atoms with E-state index in [2.05, 4.69) is 15.3 Å². The molecule has 0 aliphatic carbocycles. The average molecular weight is 507 g/mol. The van der Waals surface area contributed by atoms with Gasteiger partial charge in [0.1, 0.15) is 0 Å². The summed E-state index contributed by atoms with van der Waals surface area (Å²) >= 11 is 5.93. The number of rotatable bonds is 3. The Bertz CT molecular complexity index is 1480. The predicted octanol–water partition coefficient (Wildman–Crippen LogP) is 4.86. The van der Waals surface area contributed by atoms with Gasteiger partial charge in [-0.3, -0.25) is 15.0 Å². The van der Waals surface area contributed by atoms with Crippen LogP contribution < -0.4 is 10.2 Å². The van der Waals surface area contributed by atoms with Gasteiger partial charge in [-0.25, -0.2) is 18.6 Å². The lowest BCUT2D eigenvalue weighted by molar-refractivity contribution is 0.0698. The highest BCUT2D eigenvalue weighted by atomic mass is 35.5. The lowest BCUT2D eigenvalue weighted by Crippen LogP contribution is -2.45. The zero-order valence-corrected chi connectivity index (χ0v) is 18.4. The van der Waals surface area contributed by atoms with Crippen LogP contribution in [-0.4, -0.2) is 32.2 Å². The van der Waals surface area contributed by atoms with Gasteiger partial charge < -0.3 is 15.2 Å². The molecule has 0 fully saturated rings. The van der Waals surface area contributed by atoms with Gasteiger partial charge in [0.15, 0.2) is 17.4 Å². The Morgan fingerprint density at radius 2 is 1.88 bits per heavy atom. The van der Waals surface area contributed by atoms with Crippen LogP contribution in [0, 0.1) is 11.6 Å². The van der Waals surface area contributed by atoms with Gasteiger partial charge in [-0.2, -0.15) is 0 Å². The third-order valence-corrected chi connectivity index (χ3v) is 5.60. The van der Waals surface area contributed by atoms with Crippen LogP contribution >= 0.6 is 24.0 Å². The molecule has 5 rings (SSSR count). The second-order valence-electron chi connectivity index (χ2n) is 7.33. The molecule has 12 heteroatoms. The normalized spacial score (nSPS) is 16.9. The van der Waals surface area contributed by atoms with Crippen molar-refractivity contribution in [2.45, 2.75) is 5.72 Å². The van der Waals surface area contributed by atoms with Gasteiger partial charge in [0.05, 0.1) is 16.7 Å². The maximum atomic E-state index is 14.8. The van der Waals surface area contributed by atoms with Crippen molar-refractivity contribution in [1.29, 1.82) is 0 Å². The number of amides is 2. The van der Waals surface area contributed by atoms with E-state index in [0.717, 1.165) is 17.0 Å². The zero-order chi connectivity index (χ0) is 23.5. The number of imidazole rings is 1. The van der Waals surface area contributed by atoms with Crippen LogP contribution in [0.15, 0.2) is 54.6 Å². The lowest BCUT2D eigenvalue weighted by Gasteiger charge is -2.35. The molecule has 0 radical (unpaired) electrons. The van der Waals surface area contributed by atoms with Crippen LogP contribution in [-0.2, 0) is 5.72 Å². The Hall–Kier alpha value is -3.73. The number of nitrogens with zero attached hydrogens (tertiary/aromatic N) is 2. The zero-order valence-electron chi connectivity index (χ0n) is 16.8. The summed E-state index contributed by atoms with van der Waals surface area (Å²) in [5.41, 5.74) is -1.70. The number of anilines is 2. The number of hydrogen-bond donors (Lipinski definition) is 4. The molecule has 2 amide bonds. The number of aromatic nitrogens is 2. The van der Waals surface area contributed by atoms with Gasteiger partial charge in [0, 0.05) is 21.7 Å². The standard InChI is InChI=1S/C22H13ClF2N4O4.ClH/c23-11-8-14(24)18(25)17(9-11)29-19(30)12-3-1-2-4-13(12)22(29,33)10-5-6-15-16(7-10)27-20(26-15)28-21(31)32;/h1-9,33H,(H,31,32)(H2,26,27,28);1H. The number of hydrogen-bond acceptors (Lipinski definition) is 4. The third-order valence-electron chi connectivity index (χ3n) is 5.38. The third kappa shape index (κ3) is 3.43. The van der Waals surface area contributed by atoms with E-state index in [9.17, 15) is 23.5 Å².